The first-order chi connectivity index (χ1) is 8.26. The first kappa shape index (κ1) is 15.0. The van der Waals surface area contributed by atoms with E-state index in [0.717, 1.165) is 12.8 Å². The Morgan fingerprint density at radius 3 is 2.28 bits per heavy atom. The molecule has 1 amide bonds. The first-order valence-electron chi connectivity index (χ1n) is 6.29. The molecule has 0 spiro atoms. The molecule has 0 aromatic carbocycles. The number of hydrogen-bond acceptors (Lipinski definition) is 4. The molecular weight excluding hydrogens is 234 g/mol. The van der Waals surface area contributed by atoms with Gasteiger partial charge in [-0.15, -0.1) is 0 Å². The van der Waals surface area contributed by atoms with Crippen molar-refractivity contribution >= 4 is 11.9 Å². The molecule has 0 aliphatic heterocycles. The van der Waals surface area contributed by atoms with Crippen LogP contribution in [0.15, 0.2) is 0 Å². The summed E-state index contributed by atoms with van der Waals surface area (Å²) in [7, 11) is 1.47. The average Bonchev–Trinajstić information content (AvgIpc) is 2.99. The fourth-order valence-electron chi connectivity index (χ4n) is 1.71. The summed E-state index contributed by atoms with van der Waals surface area (Å²) >= 11 is 0. The van der Waals surface area contributed by atoms with Gasteiger partial charge in [0, 0.05) is 13.2 Å². The summed E-state index contributed by atoms with van der Waals surface area (Å²) in [6.45, 7) is 7.20. The van der Waals surface area contributed by atoms with Crippen LogP contribution in [-0.2, 0) is 14.3 Å². The number of rotatable bonds is 5. The number of carbonyl (C=O) groups is 2. The van der Waals surface area contributed by atoms with E-state index in [1.54, 1.807) is 11.8 Å². The van der Waals surface area contributed by atoms with E-state index in [-0.39, 0.29) is 18.4 Å². The molecular formula is C13H23NO4. The molecule has 1 atom stereocenters. The molecule has 0 aromatic rings. The third-order valence-electron chi connectivity index (χ3n) is 2.71. The molecule has 5 nitrogen and oxygen atoms in total. The zero-order valence-corrected chi connectivity index (χ0v) is 11.9. The standard InChI is InChI=1S/C13H23NO4/c1-9(11(15)8-17-5)14(10-6-7-10)12(16)18-13(2,3)4/h9-10H,6-8H2,1-5H3. The molecule has 0 heterocycles. The minimum Gasteiger partial charge on any atom is -0.444 e. The molecule has 1 saturated carbocycles. The van der Waals surface area contributed by atoms with E-state index in [1.807, 2.05) is 20.8 Å². The highest BCUT2D eigenvalue weighted by molar-refractivity contribution is 5.88. The van der Waals surface area contributed by atoms with Crippen molar-refractivity contribution in [2.24, 2.45) is 0 Å². The van der Waals surface area contributed by atoms with Crippen LogP contribution in [-0.4, -0.2) is 48.2 Å². The van der Waals surface area contributed by atoms with Crippen molar-refractivity contribution in [2.75, 3.05) is 13.7 Å². The van der Waals surface area contributed by atoms with Gasteiger partial charge in [0.1, 0.15) is 12.2 Å². The lowest BCUT2D eigenvalue weighted by Crippen LogP contribution is -2.47. The van der Waals surface area contributed by atoms with Crippen LogP contribution in [0.5, 0.6) is 0 Å². The van der Waals surface area contributed by atoms with Crippen molar-refractivity contribution < 1.29 is 19.1 Å². The van der Waals surface area contributed by atoms with Crippen LogP contribution in [0.25, 0.3) is 0 Å². The zero-order valence-electron chi connectivity index (χ0n) is 11.9. The monoisotopic (exact) mass is 257 g/mol. The van der Waals surface area contributed by atoms with Gasteiger partial charge in [0.25, 0.3) is 0 Å². The topological polar surface area (TPSA) is 55.8 Å². The Morgan fingerprint density at radius 1 is 1.33 bits per heavy atom. The molecule has 104 valence electrons. The third kappa shape index (κ3) is 4.29. The van der Waals surface area contributed by atoms with Crippen molar-refractivity contribution in [1.82, 2.24) is 4.90 Å². The molecule has 1 fully saturated rings. The van der Waals surface area contributed by atoms with Crippen LogP contribution in [0.3, 0.4) is 0 Å². The maximum absolute atomic E-state index is 12.1. The molecule has 1 rings (SSSR count). The summed E-state index contributed by atoms with van der Waals surface area (Å²) in [5.74, 6) is -0.102. The second-order valence-corrected chi connectivity index (χ2v) is 5.69. The lowest BCUT2D eigenvalue weighted by atomic mass is 10.2. The van der Waals surface area contributed by atoms with Crippen LogP contribution in [0, 0.1) is 0 Å². The van der Waals surface area contributed by atoms with Crippen LogP contribution in [0.4, 0.5) is 4.79 Å². The maximum atomic E-state index is 12.1. The normalized spacial score (nSPS) is 17.2. The van der Waals surface area contributed by atoms with Crippen LogP contribution in [0.1, 0.15) is 40.5 Å². The highest BCUT2D eigenvalue weighted by Gasteiger charge is 2.40. The molecule has 5 heteroatoms. The number of ether oxygens (including phenoxy) is 2. The zero-order chi connectivity index (χ0) is 13.9. The summed E-state index contributed by atoms with van der Waals surface area (Å²) in [5.41, 5.74) is -0.547. The van der Waals surface area contributed by atoms with E-state index in [9.17, 15) is 9.59 Å². The summed E-state index contributed by atoms with van der Waals surface area (Å²) in [6.07, 6.45) is 1.45. The van der Waals surface area contributed by atoms with E-state index >= 15 is 0 Å². The van der Waals surface area contributed by atoms with Crippen molar-refractivity contribution in [1.29, 1.82) is 0 Å². The van der Waals surface area contributed by atoms with Gasteiger partial charge in [-0.1, -0.05) is 0 Å². The van der Waals surface area contributed by atoms with E-state index in [2.05, 4.69) is 0 Å². The SMILES string of the molecule is COCC(=O)C(C)N(C(=O)OC(C)(C)C)C1CC1. The quantitative estimate of drug-likeness (QED) is 0.755. The van der Waals surface area contributed by atoms with Crippen molar-refractivity contribution in [3.8, 4) is 0 Å². The summed E-state index contributed by atoms with van der Waals surface area (Å²) in [6, 6.07) is -0.358. The lowest BCUT2D eigenvalue weighted by molar-refractivity contribution is -0.127. The van der Waals surface area contributed by atoms with Crippen molar-refractivity contribution in [3.05, 3.63) is 0 Å². The predicted molar refractivity (Wildman–Crippen MR) is 67.4 cm³/mol. The molecule has 0 aromatic heterocycles. The van der Waals surface area contributed by atoms with Crippen molar-refractivity contribution in [3.63, 3.8) is 0 Å². The molecule has 0 N–H and O–H groups in total. The molecule has 18 heavy (non-hydrogen) atoms. The Morgan fingerprint density at radius 2 is 1.89 bits per heavy atom. The Kier molecular flexibility index (Phi) is 4.73. The number of carbonyl (C=O) groups excluding carboxylic acids is 2. The number of nitrogens with zero attached hydrogens (tertiary/aromatic N) is 1. The van der Waals surface area contributed by atoms with Gasteiger partial charge in [0.15, 0.2) is 5.78 Å². The van der Waals surface area contributed by atoms with Gasteiger partial charge >= 0.3 is 6.09 Å². The molecule has 1 aliphatic rings. The molecule has 1 aliphatic carbocycles. The van der Waals surface area contributed by atoms with Gasteiger partial charge in [-0.25, -0.2) is 4.79 Å². The van der Waals surface area contributed by atoms with Gasteiger partial charge in [-0.3, -0.25) is 9.69 Å². The van der Waals surface area contributed by atoms with E-state index in [4.69, 9.17) is 9.47 Å². The summed E-state index contributed by atoms with van der Waals surface area (Å²) < 4.78 is 10.2. The number of methoxy groups -OCH3 is 1. The number of amides is 1. The van der Waals surface area contributed by atoms with E-state index in [1.165, 1.54) is 7.11 Å². The molecule has 1 unspecified atom stereocenters. The average molecular weight is 257 g/mol. The van der Waals surface area contributed by atoms with E-state index in [0.29, 0.717) is 0 Å². The highest BCUT2D eigenvalue weighted by atomic mass is 16.6. The summed E-state index contributed by atoms with van der Waals surface area (Å²) in [4.78, 5) is 25.5. The predicted octanol–water partition coefficient (Wildman–Crippen LogP) is 1.99. The Hall–Kier alpha value is -1.10. The molecule has 0 saturated heterocycles. The van der Waals surface area contributed by atoms with Gasteiger partial charge in [-0.2, -0.15) is 0 Å². The second kappa shape index (κ2) is 5.69. The lowest BCUT2D eigenvalue weighted by Gasteiger charge is -2.31. The fourth-order valence-corrected chi connectivity index (χ4v) is 1.71. The van der Waals surface area contributed by atoms with E-state index < -0.39 is 17.7 Å². The molecule has 0 bridgehead atoms. The van der Waals surface area contributed by atoms with Crippen molar-refractivity contribution in [2.45, 2.75) is 58.2 Å². The second-order valence-electron chi connectivity index (χ2n) is 5.69. The Bertz CT molecular complexity index is 317. The number of Topliss-reactive ketones (excluding diaryl/α,β-unsaturated/α-hetero) is 1. The first-order valence-corrected chi connectivity index (χ1v) is 6.29. The fraction of sp³-hybridized carbons (Fsp3) is 0.846. The van der Waals surface area contributed by atoms with Gasteiger partial charge in [0.2, 0.25) is 0 Å². The number of ketones is 1. The minimum absolute atomic E-state index is 0.0210. The maximum Gasteiger partial charge on any atom is 0.411 e. The summed E-state index contributed by atoms with van der Waals surface area (Å²) in [5, 5.41) is 0. The van der Waals surface area contributed by atoms with Crippen LogP contribution in [0.2, 0.25) is 0 Å². The minimum atomic E-state index is -0.547. The number of hydrogen-bond donors (Lipinski definition) is 0. The molecule has 0 radical (unpaired) electrons. The Labute approximate surface area is 108 Å². The van der Waals surface area contributed by atoms with Crippen LogP contribution < -0.4 is 0 Å². The van der Waals surface area contributed by atoms with Gasteiger partial charge in [-0.05, 0) is 40.5 Å². The van der Waals surface area contributed by atoms with Crippen LogP contribution >= 0.6 is 0 Å². The van der Waals surface area contributed by atoms with Gasteiger partial charge in [0.05, 0.1) is 6.04 Å². The smallest absolute Gasteiger partial charge is 0.411 e. The third-order valence-corrected chi connectivity index (χ3v) is 2.71. The Balaban J connectivity index is 2.70. The van der Waals surface area contributed by atoms with Gasteiger partial charge < -0.3 is 9.47 Å². The highest BCUT2D eigenvalue weighted by Crippen LogP contribution is 2.30. The largest absolute Gasteiger partial charge is 0.444 e.